The van der Waals surface area contributed by atoms with Crippen LogP contribution in [0.4, 0.5) is 5.82 Å². The number of nitrogens with one attached hydrogen (secondary N) is 1. The van der Waals surface area contributed by atoms with E-state index < -0.39 is 0 Å². The van der Waals surface area contributed by atoms with Gasteiger partial charge in [0.2, 0.25) is 0 Å². The standard InChI is InChI=1S/C19H20N4O3S/c1-11-8-15(12(2)23(11)13-4-6-14(26-3)7-5-13)16(24)10-27-19-21-17(20)9-18(25)22-19/h4-9H,10H2,1-3H3,(H3,20,21,22,25). The number of carbonyl (C=O) groups excluding carboxylic acids is 1. The molecular formula is C19H20N4O3S. The third-order valence-corrected chi connectivity index (χ3v) is 5.02. The van der Waals surface area contributed by atoms with Gasteiger partial charge in [0.25, 0.3) is 5.56 Å². The lowest BCUT2D eigenvalue weighted by molar-refractivity contribution is 0.102. The van der Waals surface area contributed by atoms with E-state index in [1.54, 1.807) is 7.11 Å². The van der Waals surface area contributed by atoms with Crippen molar-refractivity contribution in [2.75, 3.05) is 18.6 Å². The number of hydrogen-bond donors (Lipinski definition) is 2. The first-order valence-electron chi connectivity index (χ1n) is 8.25. The molecule has 2 aromatic heterocycles. The largest absolute Gasteiger partial charge is 0.497 e. The first kappa shape index (κ1) is 18.8. The van der Waals surface area contributed by atoms with Crippen LogP contribution in [-0.4, -0.2) is 33.2 Å². The van der Waals surface area contributed by atoms with Crippen molar-refractivity contribution < 1.29 is 9.53 Å². The molecule has 8 heteroatoms. The number of benzene rings is 1. The molecular weight excluding hydrogens is 364 g/mol. The Morgan fingerprint density at radius 3 is 2.59 bits per heavy atom. The van der Waals surface area contributed by atoms with Gasteiger partial charge >= 0.3 is 0 Å². The molecule has 0 amide bonds. The number of ketones is 1. The number of hydrogen-bond acceptors (Lipinski definition) is 6. The van der Waals surface area contributed by atoms with Gasteiger partial charge in [0.1, 0.15) is 11.6 Å². The van der Waals surface area contributed by atoms with Crippen LogP contribution >= 0.6 is 11.8 Å². The van der Waals surface area contributed by atoms with Crippen LogP contribution in [0.5, 0.6) is 5.75 Å². The summed E-state index contributed by atoms with van der Waals surface area (Å²) >= 11 is 1.15. The third-order valence-electron chi connectivity index (χ3n) is 4.14. The maximum Gasteiger partial charge on any atom is 0.253 e. The summed E-state index contributed by atoms with van der Waals surface area (Å²) in [4.78, 5) is 30.7. The van der Waals surface area contributed by atoms with Crippen LogP contribution < -0.4 is 16.0 Å². The summed E-state index contributed by atoms with van der Waals surface area (Å²) in [6.45, 7) is 3.87. The van der Waals surface area contributed by atoms with Gasteiger partial charge in [0, 0.05) is 28.7 Å². The maximum atomic E-state index is 12.7. The summed E-state index contributed by atoms with van der Waals surface area (Å²) in [6.07, 6.45) is 0. The molecule has 0 aliphatic heterocycles. The van der Waals surface area contributed by atoms with Gasteiger partial charge in [-0.3, -0.25) is 9.59 Å². The third kappa shape index (κ3) is 4.06. The molecule has 0 aliphatic carbocycles. The molecule has 0 atom stereocenters. The normalized spacial score (nSPS) is 10.8. The van der Waals surface area contributed by atoms with Crippen LogP contribution in [0.1, 0.15) is 21.7 Å². The molecule has 0 aliphatic rings. The second kappa shape index (κ2) is 7.71. The fourth-order valence-electron chi connectivity index (χ4n) is 2.91. The number of aromatic amines is 1. The van der Waals surface area contributed by atoms with Gasteiger partial charge in [-0.2, -0.15) is 0 Å². The number of ether oxygens (including phenoxy) is 1. The molecule has 0 saturated carbocycles. The minimum atomic E-state index is -0.338. The molecule has 3 N–H and O–H groups in total. The number of Topliss-reactive ketones (excluding diaryl/α,β-unsaturated/α-hetero) is 1. The Balaban J connectivity index is 1.82. The summed E-state index contributed by atoms with van der Waals surface area (Å²) in [7, 11) is 1.62. The Morgan fingerprint density at radius 2 is 1.96 bits per heavy atom. The highest BCUT2D eigenvalue weighted by molar-refractivity contribution is 7.99. The van der Waals surface area contributed by atoms with Gasteiger partial charge in [-0.1, -0.05) is 11.8 Å². The van der Waals surface area contributed by atoms with E-state index in [2.05, 4.69) is 9.97 Å². The molecule has 0 radical (unpaired) electrons. The van der Waals surface area contributed by atoms with E-state index in [9.17, 15) is 9.59 Å². The van der Waals surface area contributed by atoms with Gasteiger partial charge in [-0.25, -0.2) is 4.98 Å². The second-order valence-electron chi connectivity index (χ2n) is 6.01. The Morgan fingerprint density at radius 1 is 1.26 bits per heavy atom. The number of aryl methyl sites for hydroxylation is 1. The molecule has 1 aromatic carbocycles. The fourth-order valence-corrected chi connectivity index (χ4v) is 3.67. The summed E-state index contributed by atoms with van der Waals surface area (Å²) in [6, 6.07) is 10.7. The number of H-pyrrole nitrogens is 1. The molecule has 3 rings (SSSR count). The molecule has 7 nitrogen and oxygen atoms in total. The van der Waals surface area contributed by atoms with Crippen molar-refractivity contribution in [3.63, 3.8) is 0 Å². The number of nitrogens with zero attached hydrogens (tertiary/aromatic N) is 2. The average molecular weight is 384 g/mol. The lowest BCUT2D eigenvalue weighted by atomic mass is 10.2. The first-order chi connectivity index (χ1) is 12.9. The lowest BCUT2D eigenvalue weighted by Gasteiger charge is -2.10. The van der Waals surface area contributed by atoms with E-state index in [4.69, 9.17) is 10.5 Å². The highest BCUT2D eigenvalue weighted by Crippen LogP contribution is 2.24. The summed E-state index contributed by atoms with van der Waals surface area (Å²) < 4.78 is 7.22. The van der Waals surface area contributed by atoms with Crippen LogP contribution in [0.2, 0.25) is 0 Å². The molecule has 0 fully saturated rings. The summed E-state index contributed by atoms with van der Waals surface area (Å²) in [5, 5.41) is 0.331. The van der Waals surface area contributed by atoms with Gasteiger partial charge in [0.15, 0.2) is 10.9 Å². The zero-order valence-electron chi connectivity index (χ0n) is 15.3. The van der Waals surface area contributed by atoms with Crippen LogP contribution in [0.15, 0.2) is 46.3 Å². The molecule has 2 heterocycles. The Kier molecular flexibility index (Phi) is 5.36. The molecule has 0 unspecified atom stereocenters. The van der Waals surface area contributed by atoms with Gasteiger partial charge < -0.3 is 20.0 Å². The topological polar surface area (TPSA) is 103 Å². The molecule has 140 valence electrons. The highest BCUT2D eigenvalue weighted by Gasteiger charge is 2.17. The smallest absolute Gasteiger partial charge is 0.253 e. The highest BCUT2D eigenvalue weighted by atomic mass is 32.2. The van der Waals surface area contributed by atoms with Gasteiger partial charge in [-0.05, 0) is 44.2 Å². The molecule has 0 saturated heterocycles. The van der Waals surface area contributed by atoms with E-state index in [1.165, 1.54) is 6.07 Å². The van der Waals surface area contributed by atoms with Crippen molar-refractivity contribution in [2.24, 2.45) is 0 Å². The van der Waals surface area contributed by atoms with Crippen molar-refractivity contribution >= 4 is 23.4 Å². The van der Waals surface area contributed by atoms with Crippen molar-refractivity contribution in [1.29, 1.82) is 0 Å². The van der Waals surface area contributed by atoms with Crippen molar-refractivity contribution in [2.45, 2.75) is 19.0 Å². The minimum absolute atomic E-state index is 0.0436. The minimum Gasteiger partial charge on any atom is -0.497 e. The number of rotatable bonds is 6. The lowest BCUT2D eigenvalue weighted by Crippen LogP contribution is -2.11. The van der Waals surface area contributed by atoms with E-state index in [0.29, 0.717) is 10.7 Å². The van der Waals surface area contributed by atoms with E-state index in [1.807, 2.05) is 48.7 Å². The number of carbonyl (C=O) groups is 1. The van der Waals surface area contributed by atoms with Gasteiger partial charge in [-0.15, -0.1) is 0 Å². The Bertz CT molecular complexity index is 1040. The number of nitrogens with two attached hydrogens (primary N) is 1. The van der Waals surface area contributed by atoms with E-state index in [-0.39, 0.29) is 22.9 Å². The Hall–Kier alpha value is -3.00. The Labute approximate surface area is 160 Å². The molecule has 27 heavy (non-hydrogen) atoms. The zero-order chi connectivity index (χ0) is 19.6. The SMILES string of the molecule is COc1ccc(-n2c(C)cc(C(=O)CSc3nc(N)cc(=O)[nH]3)c2C)cc1. The monoisotopic (exact) mass is 384 g/mol. The predicted molar refractivity (Wildman–Crippen MR) is 106 cm³/mol. The first-order valence-corrected chi connectivity index (χ1v) is 9.24. The summed E-state index contributed by atoms with van der Waals surface area (Å²) in [5.41, 5.74) is 8.65. The van der Waals surface area contributed by atoms with E-state index >= 15 is 0 Å². The van der Waals surface area contributed by atoms with Crippen LogP contribution in [0.25, 0.3) is 5.69 Å². The number of aromatic nitrogens is 3. The quantitative estimate of drug-likeness (QED) is 0.385. The number of nitrogen functional groups attached to an aromatic ring is 1. The maximum absolute atomic E-state index is 12.7. The van der Waals surface area contributed by atoms with Crippen LogP contribution in [0.3, 0.4) is 0 Å². The van der Waals surface area contributed by atoms with Crippen LogP contribution in [-0.2, 0) is 0 Å². The fraction of sp³-hybridized carbons (Fsp3) is 0.211. The van der Waals surface area contributed by atoms with Crippen LogP contribution in [0, 0.1) is 13.8 Å². The van der Waals surface area contributed by atoms with Crippen molar-refractivity contribution in [3.05, 3.63) is 63.7 Å². The molecule has 0 spiro atoms. The number of thioether (sulfide) groups is 1. The van der Waals surface area contributed by atoms with Gasteiger partial charge in [0.05, 0.1) is 12.9 Å². The second-order valence-corrected chi connectivity index (χ2v) is 6.97. The molecule has 3 aromatic rings. The number of methoxy groups -OCH3 is 1. The van der Waals surface area contributed by atoms with Crippen molar-refractivity contribution in [3.8, 4) is 11.4 Å². The van der Waals surface area contributed by atoms with E-state index in [0.717, 1.165) is 34.6 Å². The molecule has 0 bridgehead atoms. The predicted octanol–water partition coefficient (Wildman–Crippen LogP) is 2.74. The average Bonchev–Trinajstić information content (AvgIpc) is 2.93. The summed E-state index contributed by atoms with van der Waals surface area (Å²) in [5.74, 6) is 1.01. The zero-order valence-corrected chi connectivity index (χ0v) is 16.1. The van der Waals surface area contributed by atoms with Crippen molar-refractivity contribution in [1.82, 2.24) is 14.5 Å². The number of anilines is 1.